The summed E-state index contributed by atoms with van der Waals surface area (Å²) < 4.78 is 11.3. The molecule has 1 aromatic rings. The van der Waals surface area contributed by atoms with E-state index in [0.29, 0.717) is 17.5 Å². The molecule has 148 valence electrons. The summed E-state index contributed by atoms with van der Waals surface area (Å²) in [4.78, 5) is 12.1. The van der Waals surface area contributed by atoms with Crippen LogP contribution in [-0.4, -0.2) is 31.2 Å². The number of halogens is 1. The first kappa shape index (κ1) is 22.6. The quantitative estimate of drug-likeness (QED) is 0.750. The molecule has 0 radical (unpaired) electrons. The number of methoxy groups -OCH3 is 1. The highest BCUT2D eigenvalue weighted by molar-refractivity contribution is 5.85. The van der Waals surface area contributed by atoms with Crippen LogP contribution in [0.3, 0.4) is 0 Å². The summed E-state index contributed by atoms with van der Waals surface area (Å²) in [5.74, 6) is 1.17. The molecule has 0 spiro atoms. The summed E-state index contributed by atoms with van der Waals surface area (Å²) in [6, 6.07) is 6.41. The molecular weight excluding hydrogens is 352 g/mol. The van der Waals surface area contributed by atoms with Crippen LogP contribution in [0.15, 0.2) is 18.2 Å². The number of para-hydroxylation sites is 1. The largest absolute Gasteiger partial charge is 0.493 e. The molecule has 0 saturated heterocycles. The van der Waals surface area contributed by atoms with Crippen molar-refractivity contribution >= 4 is 18.3 Å². The summed E-state index contributed by atoms with van der Waals surface area (Å²) in [7, 11) is 1.62. The molecule has 1 aliphatic carbocycles. The Balaban J connectivity index is 0.00000338. The molecule has 0 bridgehead atoms. The number of carbonyl (C=O) groups excluding carboxylic acids is 1. The maximum absolute atomic E-state index is 12.1. The normalized spacial score (nSPS) is 15.1. The lowest BCUT2D eigenvalue weighted by molar-refractivity contribution is -0.124. The van der Waals surface area contributed by atoms with Crippen LogP contribution in [0.1, 0.15) is 58.4 Å². The molecular formula is C20H33ClN2O3. The second-order valence-corrected chi connectivity index (χ2v) is 7.75. The summed E-state index contributed by atoms with van der Waals surface area (Å²) in [6.45, 7) is 6.56. The first-order valence-corrected chi connectivity index (χ1v) is 9.22. The number of rotatable bonds is 7. The van der Waals surface area contributed by atoms with Crippen molar-refractivity contribution in [3.8, 4) is 11.5 Å². The van der Waals surface area contributed by atoms with E-state index in [1.54, 1.807) is 7.11 Å². The SMILES string of the molecule is COc1cccc(CNC2CCCCC2)c1OCC(=O)NC(C)(C)C.Cl. The van der Waals surface area contributed by atoms with Gasteiger partial charge in [-0.05, 0) is 39.7 Å². The van der Waals surface area contributed by atoms with Crippen LogP contribution < -0.4 is 20.1 Å². The number of carbonyl (C=O) groups is 1. The monoisotopic (exact) mass is 384 g/mol. The van der Waals surface area contributed by atoms with Crippen LogP contribution in [0, 0.1) is 0 Å². The molecule has 6 heteroatoms. The van der Waals surface area contributed by atoms with Crippen LogP contribution >= 0.6 is 12.4 Å². The zero-order valence-corrected chi connectivity index (χ0v) is 17.2. The van der Waals surface area contributed by atoms with Gasteiger partial charge in [0.1, 0.15) is 0 Å². The van der Waals surface area contributed by atoms with E-state index in [4.69, 9.17) is 9.47 Å². The number of amides is 1. The van der Waals surface area contributed by atoms with Crippen molar-refractivity contribution < 1.29 is 14.3 Å². The van der Waals surface area contributed by atoms with E-state index in [1.165, 1.54) is 32.1 Å². The molecule has 1 fully saturated rings. The maximum Gasteiger partial charge on any atom is 0.258 e. The third-order valence-electron chi connectivity index (χ3n) is 4.33. The van der Waals surface area contributed by atoms with Gasteiger partial charge < -0.3 is 20.1 Å². The van der Waals surface area contributed by atoms with Crippen molar-refractivity contribution in [1.29, 1.82) is 0 Å². The molecule has 0 aromatic heterocycles. The Kier molecular flexibility index (Phi) is 9.23. The van der Waals surface area contributed by atoms with E-state index in [-0.39, 0.29) is 30.5 Å². The van der Waals surface area contributed by atoms with Gasteiger partial charge in [0.25, 0.3) is 5.91 Å². The van der Waals surface area contributed by atoms with Gasteiger partial charge in [-0.1, -0.05) is 31.4 Å². The number of benzene rings is 1. The van der Waals surface area contributed by atoms with Gasteiger partial charge in [0, 0.05) is 23.7 Å². The Labute approximate surface area is 163 Å². The first-order valence-electron chi connectivity index (χ1n) is 9.22. The molecule has 2 rings (SSSR count). The van der Waals surface area contributed by atoms with E-state index in [0.717, 1.165) is 12.1 Å². The van der Waals surface area contributed by atoms with Gasteiger partial charge in [-0.25, -0.2) is 0 Å². The van der Waals surface area contributed by atoms with Crippen molar-refractivity contribution in [3.63, 3.8) is 0 Å². The third-order valence-corrected chi connectivity index (χ3v) is 4.33. The summed E-state index contributed by atoms with van der Waals surface area (Å²) in [5.41, 5.74) is 0.750. The first-order chi connectivity index (χ1) is 11.9. The van der Waals surface area contributed by atoms with Crippen LogP contribution in [-0.2, 0) is 11.3 Å². The van der Waals surface area contributed by atoms with Gasteiger partial charge in [-0.3, -0.25) is 4.79 Å². The van der Waals surface area contributed by atoms with Crippen molar-refractivity contribution in [2.45, 2.75) is 71.0 Å². The lowest BCUT2D eigenvalue weighted by Gasteiger charge is -2.24. The second kappa shape index (κ2) is 10.6. The Hall–Kier alpha value is -1.46. The number of hydrogen-bond acceptors (Lipinski definition) is 4. The van der Waals surface area contributed by atoms with Crippen LogP contribution in [0.5, 0.6) is 11.5 Å². The highest BCUT2D eigenvalue weighted by Crippen LogP contribution is 2.31. The number of nitrogens with one attached hydrogen (secondary N) is 2. The van der Waals surface area contributed by atoms with Crippen LogP contribution in [0.4, 0.5) is 0 Å². The lowest BCUT2D eigenvalue weighted by atomic mass is 9.95. The van der Waals surface area contributed by atoms with Gasteiger partial charge >= 0.3 is 0 Å². The molecule has 5 nitrogen and oxygen atoms in total. The minimum Gasteiger partial charge on any atom is -0.493 e. The van der Waals surface area contributed by atoms with Gasteiger partial charge in [-0.2, -0.15) is 0 Å². The molecule has 0 atom stereocenters. The molecule has 0 aliphatic heterocycles. The molecule has 0 unspecified atom stereocenters. The highest BCUT2D eigenvalue weighted by atomic mass is 35.5. The maximum atomic E-state index is 12.1. The van der Waals surface area contributed by atoms with Gasteiger partial charge in [0.05, 0.1) is 7.11 Å². The molecule has 1 aliphatic rings. The molecule has 2 N–H and O–H groups in total. The average Bonchev–Trinajstić information content (AvgIpc) is 2.57. The highest BCUT2D eigenvalue weighted by Gasteiger charge is 2.18. The third kappa shape index (κ3) is 7.42. The molecule has 1 amide bonds. The van der Waals surface area contributed by atoms with E-state index >= 15 is 0 Å². The van der Waals surface area contributed by atoms with Gasteiger partial charge in [0.15, 0.2) is 18.1 Å². The van der Waals surface area contributed by atoms with Crippen molar-refractivity contribution in [3.05, 3.63) is 23.8 Å². The Morgan fingerprint density at radius 3 is 2.50 bits per heavy atom. The fraction of sp³-hybridized carbons (Fsp3) is 0.650. The Morgan fingerprint density at radius 2 is 1.88 bits per heavy atom. The van der Waals surface area contributed by atoms with Crippen LogP contribution in [0.2, 0.25) is 0 Å². The standard InChI is InChI=1S/C20H32N2O3.ClH/c1-20(2,3)22-18(23)14-25-19-15(9-8-12-17(19)24-4)13-21-16-10-6-5-7-11-16;/h8-9,12,16,21H,5-7,10-11,13-14H2,1-4H3,(H,22,23);1H. The molecule has 26 heavy (non-hydrogen) atoms. The minimum atomic E-state index is -0.271. The van der Waals surface area contributed by atoms with Crippen molar-refractivity contribution in [1.82, 2.24) is 10.6 Å². The molecule has 1 aromatic carbocycles. The number of ether oxygens (including phenoxy) is 2. The minimum absolute atomic E-state index is 0. The van der Waals surface area contributed by atoms with E-state index in [1.807, 2.05) is 39.0 Å². The van der Waals surface area contributed by atoms with E-state index in [9.17, 15) is 4.79 Å². The predicted molar refractivity (Wildman–Crippen MR) is 107 cm³/mol. The fourth-order valence-electron chi connectivity index (χ4n) is 3.18. The van der Waals surface area contributed by atoms with E-state index < -0.39 is 0 Å². The Morgan fingerprint density at radius 1 is 1.19 bits per heavy atom. The molecule has 0 heterocycles. The van der Waals surface area contributed by atoms with Crippen LogP contribution in [0.25, 0.3) is 0 Å². The second-order valence-electron chi connectivity index (χ2n) is 7.75. The zero-order valence-electron chi connectivity index (χ0n) is 16.4. The van der Waals surface area contributed by atoms with Crippen molar-refractivity contribution in [2.75, 3.05) is 13.7 Å². The molecule has 1 saturated carbocycles. The zero-order chi connectivity index (χ0) is 18.3. The summed E-state index contributed by atoms with van der Waals surface area (Å²) >= 11 is 0. The van der Waals surface area contributed by atoms with E-state index in [2.05, 4.69) is 10.6 Å². The lowest BCUT2D eigenvalue weighted by Crippen LogP contribution is -2.43. The summed E-state index contributed by atoms with van der Waals surface area (Å²) in [6.07, 6.45) is 6.40. The topological polar surface area (TPSA) is 59.6 Å². The summed E-state index contributed by atoms with van der Waals surface area (Å²) in [5, 5.41) is 6.53. The van der Waals surface area contributed by atoms with Crippen molar-refractivity contribution in [2.24, 2.45) is 0 Å². The van der Waals surface area contributed by atoms with Gasteiger partial charge in [0.2, 0.25) is 0 Å². The Bertz CT molecular complexity index is 567. The number of hydrogen-bond donors (Lipinski definition) is 2. The smallest absolute Gasteiger partial charge is 0.258 e. The van der Waals surface area contributed by atoms with Gasteiger partial charge in [-0.15, -0.1) is 12.4 Å². The fourth-order valence-corrected chi connectivity index (χ4v) is 3.18. The average molecular weight is 385 g/mol. The predicted octanol–water partition coefficient (Wildman–Crippen LogP) is 3.83.